The zero-order valence-electron chi connectivity index (χ0n) is 14.4. The molecule has 0 unspecified atom stereocenters. The number of sulfone groups is 1. The minimum Gasteiger partial charge on any atom is -0.378 e. The summed E-state index contributed by atoms with van der Waals surface area (Å²) in [6.07, 6.45) is 0.883. The summed E-state index contributed by atoms with van der Waals surface area (Å²) in [6.45, 7) is 2.44. The highest BCUT2D eigenvalue weighted by Crippen LogP contribution is 2.31. The Kier molecular flexibility index (Phi) is 5.57. The number of benzene rings is 1. The quantitative estimate of drug-likeness (QED) is 0.825. The van der Waals surface area contributed by atoms with Crippen molar-refractivity contribution in [3.8, 4) is 0 Å². The molecule has 1 aliphatic rings. The number of ether oxygens (including phenoxy) is 1. The van der Waals surface area contributed by atoms with E-state index in [0.717, 1.165) is 18.0 Å². The van der Waals surface area contributed by atoms with Crippen LogP contribution in [0.1, 0.15) is 10.4 Å². The van der Waals surface area contributed by atoms with Gasteiger partial charge in [0.2, 0.25) is 0 Å². The SMILES string of the molecule is O=C(Nc1cccc(N2CCOCC2)c1)c1cccnc1S(=O)(=O)C(F)(F)F. The molecule has 1 N–H and O–H groups in total. The van der Waals surface area contributed by atoms with Gasteiger partial charge >= 0.3 is 5.51 Å². The molecule has 0 bridgehead atoms. The Morgan fingerprint density at radius 3 is 2.54 bits per heavy atom. The van der Waals surface area contributed by atoms with Crippen molar-refractivity contribution in [2.45, 2.75) is 10.5 Å². The van der Waals surface area contributed by atoms with E-state index in [1.807, 2.05) is 11.0 Å². The Labute approximate surface area is 159 Å². The average molecular weight is 415 g/mol. The molecule has 1 aromatic heterocycles. The zero-order valence-corrected chi connectivity index (χ0v) is 15.3. The number of halogens is 3. The number of aromatic nitrogens is 1. The van der Waals surface area contributed by atoms with Crippen molar-refractivity contribution in [2.75, 3.05) is 36.5 Å². The van der Waals surface area contributed by atoms with E-state index >= 15 is 0 Å². The maximum Gasteiger partial charge on any atom is 0.503 e. The second-order valence-corrected chi connectivity index (χ2v) is 7.77. The molecule has 2 aromatic rings. The molecule has 1 fully saturated rings. The number of pyridine rings is 1. The van der Waals surface area contributed by atoms with Gasteiger partial charge in [-0.05, 0) is 30.3 Å². The Balaban J connectivity index is 1.87. The van der Waals surface area contributed by atoms with Crippen molar-refractivity contribution >= 4 is 27.1 Å². The first-order valence-electron chi connectivity index (χ1n) is 8.20. The molecule has 150 valence electrons. The Morgan fingerprint density at radius 1 is 1.14 bits per heavy atom. The molecule has 0 radical (unpaired) electrons. The molecule has 11 heteroatoms. The van der Waals surface area contributed by atoms with Gasteiger partial charge in [-0.25, -0.2) is 13.4 Å². The number of alkyl halides is 3. The molecular formula is C17H16F3N3O4S. The third-order valence-electron chi connectivity index (χ3n) is 4.06. The molecule has 1 saturated heterocycles. The fraction of sp³-hybridized carbons (Fsp3) is 0.294. The predicted molar refractivity (Wildman–Crippen MR) is 94.9 cm³/mol. The molecule has 7 nitrogen and oxygen atoms in total. The molecule has 1 amide bonds. The zero-order chi connectivity index (χ0) is 20.4. The lowest BCUT2D eigenvalue weighted by atomic mass is 10.2. The van der Waals surface area contributed by atoms with Crippen LogP contribution in [-0.4, -0.2) is 51.1 Å². The molecule has 0 saturated carbocycles. The summed E-state index contributed by atoms with van der Waals surface area (Å²) in [5.74, 6) is -1.00. The van der Waals surface area contributed by atoms with E-state index < -0.39 is 31.8 Å². The highest BCUT2D eigenvalue weighted by atomic mass is 32.2. The minimum atomic E-state index is -5.76. The van der Waals surface area contributed by atoms with Crippen molar-refractivity contribution in [3.05, 3.63) is 48.2 Å². The van der Waals surface area contributed by atoms with Crippen LogP contribution in [0.25, 0.3) is 0 Å². The number of nitrogens with zero attached hydrogens (tertiary/aromatic N) is 2. The summed E-state index contributed by atoms with van der Waals surface area (Å²) in [5, 5.41) is 1.10. The molecule has 1 aliphatic heterocycles. The second kappa shape index (κ2) is 7.76. The van der Waals surface area contributed by atoms with Gasteiger partial charge in [0, 0.05) is 30.7 Å². The molecule has 2 heterocycles. The van der Waals surface area contributed by atoms with E-state index in [1.165, 1.54) is 6.07 Å². The van der Waals surface area contributed by atoms with E-state index in [1.54, 1.807) is 18.2 Å². The summed E-state index contributed by atoms with van der Waals surface area (Å²) in [5.41, 5.74) is -5.13. The third-order valence-corrected chi connectivity index (χ3v) is 5.50. The van der Waals surface area contributed by atoms with Gasteiger partial charge in [0.15, 0.2) is 5.03 Å². The van der Waals surface area contributed by atoms with Crippen molar-refractivity contribution < 1.29 is 31.1 Å². The average Bonchev–Trinajstić information content (AvgIpc) is 2.68. The second-order valence-electron chi connectivity index (χ2n) is 5.91. The van der Waals surface area contributed by atoms with Crippen LogP contribution in [0, 0.1) is 0 Å². The number of anilines is 2. The topological polar surface area (TPSA) is 88.6 Å². The van der Waals surface area contributed by atoms with Gasteiger partial charge in [0.25, 0.3) is 15.7 Å². The first-order chi connectivity index (χ1) is 13.2. The summed E-state index contributed by atoms with van der Waals surface area (Å²) in [4.78, 5) is 17.8. The Morgan fingerprint density at radius 2 is 1.86 bits per heavy atom. The molecule has 3 rings (SSSR count). The van der Waals surface area contributed by atoms with Crippen LogP contribution in [0.2, 0.25) is 0 Å². The first kappa shape index (κ1) is 20.1. The fourth-order valence-corrected chi connectivity index (χ4v) is 3.56. The summed E-state index contributed by atoms with van der Waals surface area (Å²) >= 11 is 0. The normalized spacial score (nSPS) is 15.3. The molecule has 28 heavy (non-hydrogen) atoms. The maximum absolute atomic E-state index is 12.9. The van der Waals surface area contributed by atoms with Crippen molar-refractivity contribution in [2.24, 2.45) is 0 Å². The van der Waals surface area contributed by atoms with Crippen LogP contribution in [0.5, 0.6) is 0 Å². The monoisotopic (exact) mass is 415 g/mol. The van der Waals surface area contributed by atoms with Gasteiger partial charge in [0.05, 0.1) is 18.8 Å². The van der Waals surface area contributed by atoms with E-state index in [0.29, 0.717) is 32.0 Å². The summed E-state index contributed by atoms with van der Waals surface area (Å²) in [6, 6.07) is 8.87. The van der Waals surface area contributed by atoms with Crippen LogP contribution in [0.15, 0.2) is 47.6 Å². The molecule has 0 atom stereocenters. The van der Waals surface area contributed by atoms with Crippen molar-refractivity contribution in [1.82, 2.24) is 4.98 Å². The van der Waals surface area contributed by atoms with Crippen LogP contribution in [-0.2, 0) is 14.6 Å². The molecule has 0 aliphatic carbocycles. The summed E-state index contributed by atoms with van der Waals surface area (Å²) in [7, 11) is -5.76. The largest absolute Gasteiger partial charge is 0.503 e. The number of hydrogen-bond donors (Lipinski definition) is 1. The van der Waals surface area contributed by atoms with Crippen molar-refractivity contribution in [1.29, 1.82) is 0 Å². The van der Waals surface area contributed by atoms with Crippen molar-refractivity contribution in [3.63, 3.8) is 0 Å². The standard InChI is InChI=1S/C17H16F3N3O4S/c18-17(19,20)28(25,26)16-14(5-2-6-21-16)15(24)22-12-3-1-4-13(11-12)23-7-9-27-10-8-23/h1-6,11H,7-10H2,(H,22,24). The molecule has 1 aromatic carbocycles. The highest BCUT2D eigenvalue weighted by Gasteiger charge is 2.49. The number of hydrogen-bond acceptors (Lipinski definition) is 6. The number of amides is 1. The molecular weight excluding hydrogens is 399 g/mol. The van der Waals surface area contributed by atoms with Gasteiger partial charge in [0.1, 0.15) is 0 Å². The Hall–Kier alpha value is -2.66. The lowest BCUT2D eigenvalue weighted by molar-refractivity contribution is -0.0438. The van der Waals surface area contributed by atoms with E-state index in [-0.39, 0.29) is 0 Å². The van der Waals surface area contributed by atoms with Gasteiger partial charge < -0.3 is 15.0 Å². The van der Waals surface area contributed by atoms with Crippen LogP contribution in [0.4, 0.5) is 24.5 Å². The third kappa shape index (κ3) is 4.09. The number of rotatable bonds is 4. The lowest BCUT2D eigenvalue weighted by Gasteiger charge is -2.29. The molecule has 0 spiro atoms. The van der Waals surface area contributed by atoms with Gasteiger partial charge in [-0.2, -0.15) is 13.2 Å². The van der Waals surface area contributed by atoms with E-state index in [4.69, 9.17) is 4.74 Å². The first-order valence-corrected chi connectivity index (χ1v) is 9.69. The highest BCUT2D eigenvalue weighted by molar-refractivity contribution is 7.92. The number of carbonyl (C=O) groups excluding carboxylic acids is 1. The van der Waals surface area contributed by atoms with E-state index in [2.05, 4.69) is 10.3 Å². The number of nitrogens with one attached hydrogen (secondary N) is 1. The predicted octanol–water partition coefficient (Wildman–Crippen LogP) is 2.46. The number of morpholine rings is 1. The van der Waals surface area contributed by atoms with Crippen LogP contribution >= 0.6 is 0 Å². The number of carbonyl (C=O) groups is 1. The van der Waals surface area contributed by atoms with Gasteiger partial charge in [-0.1, -0.05) is 6.07 Å². The fourth-order valence-electron chi connectivity index (χ4n) is 2.69. The maximum atomic E-state index is 12.9. The summed E-state index contributed by atoms with van der Waals surface area (Å²) < 4.78 is 67.3. The van der Waals surface area contributed by atoms with Crippen LogP contribution < -0.4 is 10.2 Å². The van der Waals surface area contributed by atoms with Gasteiger partial charge in [-0.15, -0.1) is 0 Å². The lowest BCUT2D eigenvalue weighted by Crippen LogP contribution is -2.36. The minimum absolute atomic E-state index is 0.313. The van der Waals surface area contributed by atoms with E-state index in [9.17, 15) is 26.4 Å². The smallest absolute Gasteiger partial charge is 0.378 e. The Bertz CT molecular complexity index is 974. The van der Waals surface area contributed by atoms with Gasteiger partial charge in [-0.3, -0.25) is 4.79 Å². The van der Waals surface area contributed by atoms with Crippen LogP contribution in [0.3, 0.4) is 0 Å².